The number of amides is 2. The first-order chi connectivity index (χ1) is 20.4. The molecule has 3 aromatic rings. The van der Waals surface area contributed by atoms with E-state index in [4.69, 9.17) is 14.2 Å². The van der Waals surface area contributed by atoms with E-state index in [9.17, 15) is 23.5 Å². The number of methoxy groups -OCH3 is 1. The highest BCUT2D eigenvalue weighted by atomic mass is 19.1. The summed E-state index contributed by atoms with van der Waals surface area (Å²) < 4.78 is 45.5. The Morgan fingerprint density at radius 2 is 1.86 bits per heavy atom. The van der Waals surface area contributed by atoms with Crippen LogP contribution in [0.25, 0.3) is 11.3 Å². The topological polar surface area (TPSA) is 119 Å². The van der Waals surface area contributed by atoms with Crippen LogP contribution in [0.3, 0.4) is 0 Å². The Morgan fingerprint density at radius 3 is 2.51 bits per heavy atom. The van der Waals surface area contributed by atoms with Crippen LogP contribution >= 0.6 is 0 Å². The van der Waals surface area contributed by atoms with E-state index >= 15 is 0 Å². The third kappa shape index (κ3) is 5.73. The highest BCUT2D eigenvalue weighted by molar-refractivity contribution is 5.95. The van der Waals surface area contributed by atoms with Gasteiger partial charge in [-0.25, -0.2) is 13.8 Å². The van der Waals surface area contributed by atoms with Gasteiger partial charge in [0, 0.05) is 29.5 Å². The molecule has 43 heavy (non-hydrogen) atoms. The molecule has 226 valence electrons. The van der Waals surface area contributed by atoms with Gasteiger partial charge >= 0.3 is 0 Å². The molecule has 9 nitrogen and oxygen atoms in total. The number of rotatable bonds is 10. The van der Waals surface area contributed by atoms with Crippen LogP contribution in [0.1, 0.15) is 61.1 Å². The highest BCUT2D eigenvalue weighted by Gasteiger charge is 2.52. The maximum absolute atomic E-state index is 14.5. The van der Waals surface area contributed by atoms with Crippen molar-refractivity contribution in [3.8, 4) is 28.5 Å². The van der Waals surface area contributed by atoms with E-state index in [0.717, 1.165) is 12.8 Å². The number of halogens is 2. The van der Waals surface area contributed by atoms with Gasteiger partial charge in [-0.1, -0.05) is 0 Å². The fraction of sp³-hybridized carbons (Fsp3) is 0.406. The number of hydrogen-bond donors (Lipinski definition) is 3. The van der Waals surface area contributed by atoms with E-state index in [1.54, 1.807) is 31.2 Å². The lowest BCUT2D eigenvalue weighted by molar-refractivity contribution is -0.128. The highest BCUT2D eigenvalue weighted by Crippen LogP contribution is 2.47. The fourth-order valence-corrected chi connectivity index (χ4v) is 4.94. The number of aliphatic hydroxyl groups is 1. The van der Waals surface area contributed by atoms with Crippen molar-refractivity contribution in [2.24, 2.45) is 0 Å². The number of hydrogen-bond acceptors (Lipinski definition) is 7. The van der Waals surface area contributed by atoms with Crippen molar-refractivity contribution in [1.82, 2.24) is 15.6 Å². The van der Waals surface area contributed by atoms with E-state index in [0.29, 0.717) is 28.2 Å². The minimum atomic E-state index is -1.74. The Bertz CT molecular complexity index is 1590. The van der Waals surface area contributed by atoms with Gasteiger partial charge in [0.15, 0.2) is 17.3 Å². The van der Waals surface area contributed by atoms with Crippen LogP contribution in [0.2, 0.25) is 0 Å². The van der Waals surface area contributed by atoms with Crippen LogP contribution in [0.15, 0.2) is 48.5 Å². The molecule has 2 amide bonds. The van der Waals surface area contributed by atoms with E-state index in [1.165, 1.54) is 38.3 Å². The van der Waals surface area contributed by atoms with Gasteiger partial charge in [-0.2, -0.15) is 0 Å². The summed E-state index contributed by atoms with van der Waals surface area (Å²) in [4.78, 5) is 31.1. The average Bonchev–Trinajstić information content (AvgIpc) is 3.92. The van der Waals surface area contributed by atoms with Crippen LogP contribution in [-0.2, 0) is 15.8 Å². The fourth-order valence-electron chi connectivity index (χ4n) is 4.94. The van der Waals surface area contributed by atoms with E-state index in [2.05, 4.69) is 15.6 Å². The molecule has 0 bridgehead atoms. The van der Waals surface area contributed by atoms with E-state index in [-0.39, 0.29) is 49.2 Å². The molecule has 3 aliphatic rings. The number of pyridine rings is 1. The zero-order valence-electron chi connectivity index (χ0n) is 24.1. The predicted molar refractivity (Wildman–Crippen MR) is 152 cm³/mol. The third-order valence-electron chi connectivity index (χ3n) is 8.11. The summed E-state index contributed by atoms with van der Waals surface area (Å²) in [6, 6.07) is 12.0. The summed E-state index contributed by atoms with van der Waals surface area (Å²) in [7, 11) is 1.50. The average molecular weight is 594 g/mol. The number of nitrogens with one attached hydrogen (secondary N) is 2. The molecule has 0 spiro atoms. The minimum Gasteiger partial charge on any atom is -0.493 e. The van der Waals surface area contributed by atoms with Gasteiger partial charge in [0.05, 0.1) is 25.5 Å². The van der Waals surface area contributed by atoms with Crippen LogP contribution in [0.4, 0.5) is 8.78 Å². The molecule has 2 atom stereocenters. The number of carbonyl (C=O) groups excluding carboxylic acids is 2. The number of ether oxygens (including phenoxy) is 3. The van der Waals surface area contributed by atoms with Crippen molar-refractivity contribution >= 4 is 11.8 Å². The molecule has 1 aliphatic heterocycles. The quantitative estimate of drug-likeness (QED) is 0.300. The summed E-state index contributed by atoms with van der Waals surface area (Å²) in [5, 5.41) is 16.8. The Hall–Kier alpha value is -4.25. The molecule has 0 radical (unpaired) electrons. The van der Waals surface area contributed by atoms with Crippen LogP contribution in [0.5, 0.6) is 17.2 Å². The second-order valence-electron chi connectivity index (χ2n) is 11.9. The smallest absolute Gasteiger partial charge is 0.251 e. The molecule has 11 heteroatoms. The van der Waals surface area contributed by atoms with Crippen LogP contribution in [-0.4, -0.2) is 54.1 Å². The molecule has 2 aromatic carbocycles. The number of aromatic nitrogens is 1. The number of benzene rings is 2. The SMILES string of the molecule is COc1cc(C(=O)NC[C@](C)(O)c2cc3c(c(-c4ccc(F)cc4)n2)OC[C@]3(C)C(=O)NC2(F)CC2)ccc1OC1CC1. The molecular formula is C32H33F2N3O6. The molecule has 2 fully saturated rings. The standard InChI is InChI=1S/C32H33F2N3O6/c1-30(29(39)37-32(34)12-13-32)17-42-27-22(30)15-25(36-26(27)18-4-7-20(33)8-5-18)31(2,40)16-35-28(38)19-6-11-23(24(14-19)41-3)43-21-9-10-21/h4-8,11,14-15,21,40H,9-10,12-13,16-17H2,1-3H3,(H,35,38)(H,37,39)/t30-,31-/m0/s1. The Balaban J connectivity index is 1.29. The molecular weight excluding hydrogens is 560 g/mol. The van der Waals surface area contributed by atoms with Crippen LogP contribution in [0, 0.1) is 5.82 Å². The second-order valence-corrected chi connectivity index (χ2v) is 11.9. The van der Waals surface area contributed by atoms with Crippen molar-refractivity contribution in [3.63, 3.8) is 0 Å². The monoisotopic (exact) mass is 593 g/mol. The van der Waals surface area contributed by atoms with Gasteiger partial charge in [-0.05, 0) is 75.2 Å². The number of carbonyl (C=O) groups is 2. The number of alkyl halides is 1. The third-order valence-corrected chi connectivity index (χ3v) is 8.11. The van der Waals surface area contributed by atoms with Gasteiger partial charge in [0.2, 0.25) is 5.91 Å². The number of fused-ring (bicyclic) bond motifs is 1. The minimum absolute atomic E-state index is 0.0786. The van der Waals surface area contributed by atoms with Gasteiger partial charge in [-0.15, -0.1) is 0 Å². The molecule has 0 saturated heterocycles. The van der Waals surface area contributed by atoms with Crippen molar-refractivity contribution in [2.75, 3.05) is 20.3 Å². The normalized spacial score (nSPS) is 21.2. The van der Waals surface area contributed by atoms with E-state index in [1.807, 2.05) is 0 Å². The Labute approximate surface area is 247 Å². The zero-order chi connectivity index (χ0) is 30.6. The Morgan fingerprint density at radius 1 is 1.14 bits per heavy atom. The Kier molecular flexibility index (Phi) is 7.03. The van der Waals surface area contributed by atoms with Crippen molar-refractivity contribution < 1.29 is 37.7 Å². The summed E-state index contributed by atoms with van der Waals surface area (Å²) in [6.45, 7) is 2.81. The maximum Gasteiger partial charge on any atom is 0.251 e. The zero-order valence-corrected chi connectivity index (χ0v) is 24.1. The first kappa shape index (κ1) is 28.9. The van der Waals surface area contributed by atoms with Crippen LogP contribution < -0.4 is 24.8 Å². The maximum atomic E-state index is 14.5. The lowest BCUT2D eigenvalue weighted by atomic mass is 9.81. The summed E-state index contributed by atoms with van der Waals surface area (Å²) in [6.07, 6.45) is 2.59. The lowest BCUT2D eigenvalue weighted by Crippen LogP contribution is -2.47. The van der Waals surface area contributed by atoms with Gasteiger partial charge in [0.1, 0.15) is 34.9 Å². The van der Waals surface area contributed by atoms with E-state index < -0.39 is 34.4 Å². The molecule has 3 N–H and O–H groups in total. The van der Waals surface area contributed by atoms with Gasteiger partial charge in [-0.3, -0.25) is 9.59 Å². The largest absolute Gasteiger partial charge is 0.493 e. The molecule has 2 saturated carbocycles. The van der Waals surface area contributed by atoms with Gasteiger partial charge in [0.25, 0.3) is 5.91 Å². The molecule has 1 aromatic heterocycles. The molecule has 2 aliphatic carbocycles. The lowest BCUT2D eigenvalue weighted by Gasteiger charge is -2.27. The summed E-state index contributed by atoms with van der Waals surface area (Å²) in [5.41, 5.74) is -1.37. The first-order valence-electron chi connectivity index (χ1n) is 14.2. The van der Waals surface area contributed by atoms with Crippen molar-refractivity contribution in [1.29, 1.82) is 0 Å². The van der Waals surface area contributed by atoms with Crippen molar-refractivity contribution in [2.45, 2.75) is 62.4 Å². The van der Waals surface area contributed by atoms with Gasteiger partial charge < -0.3 is 30.0 Å². The summed E-state index contributed by atoms with van der Waals surface area (Å²) in [5.74, 6) is -1.92. The second kappa shape index (κ2) is 10.5. The predicted octanol–water partition coefficient (Wildman–Crippen LogP) is 4.30. The molecule has 6 rings (SSSR count). The molecule has 2 heterocycles. The summed E-state index contributed by atoms with van der Waals surface area (Å²) >= 11 is 0. The first-order valence-corrected chi connectivity index (χ1v) is 14.2. The molecule has 0 unspecified atom stereocenters. The van der Waals surface area contributed by atoms with Crippen molar-refractivity contribution in [3.05, 3.63) is 71.2 Å². The number of nitrogens with zero attached hydrogens (tertiary/aromatic N) is 1.